The van der Waals surface area contributed by atoms with Crippen molar-refractivity contribution < 1.29 is 85.2 Å². The first kappa shape index (κ1) is 80.2. The number of aliphatic hydroxyl groups excluding tert-OH is 2. The Hall–Kier alpha value is -6.01. The lowest BCUT2D eigenvalue weighted by Crippen LogP contribution is -2.56. The molecule has 3 aromatic rings. The summed E-state index contributed by atoms with van der Waals surface area (Å²) in [5, 5.41) is 38.6. The summed E-state index contributed by atoms with van der Waals surface area (Å²) in [7, 11) is -3.62. The van der Waals surface area contributed by atoms with Gasteiger partial charge in [0.25, 0.3) is 22.5 Å². The highest BCUT2D eigenvalue weighted by atomic mass is 35.5. The number of aryl methyl sites for hydroxylation is 1. The molecule has 21 nitrogen and oxygen atoms in total. The summed E-state index contributed by atoms with van der Waals surface area (Å²) in [6.07, 6.45) is 6.58. The average molecular weight is 1340 g/mol. The number of rotatable bonds is 19. The number of nitrogens with zero attached hydrogens (tertiary/aromatic N) is 3. The largest absolute Gasteiger partial charge is 0.481 e. The Balaban J connectivity index is 0.000000307. The number of amides is 2. The number of aromatic nitrogens is 2. The van der Waals surface area contributed by atoms with E-state index in [9.17, 15) is 46.4 Å². The van der Waals surface area contributed by atoms with E-state index < -0.39 is 56.7 Å². The maximum atomic E-state index is 13.5. The fraction of sp³-hybridized carbons (Fsp3) is 0.676. The van der Waals surface area contributed by atoms with Crippen LogP contribution in [0.2, 0.25) is 5.02 Å². The van der Waals surface area contributed by atoms with E-state index in [0.29, 0.717) is 78.9 Å². The topological polar surface area (TPSA) is 319 Å². The van der Waals surface area contributed by atoms with Gasteiger partial charge in [-0.05, 0) is 143 Å². The summed E-state index contributed by atoms with van der Waals surface area (Å²) in [5.41, 5.74) is 6.25. The first-order valence-corrected chi connectivity index (χ1v) is 33.1. The van der Waals surface area contributed by atoms with Gasteiger partial charge in [-0.1, -0.05) is 119 Å². The molecule has 0 atom stereocenters. The predicted molar refractivity (Wildman–Crippen MR) is 347 cm³/mol. The van der Waals surface area contributed by atoms with Gasteiger partial charge >= 0.3 is 23.9 Å². The fourth-order valence-corrected chi connectivity index (χ4v) is 13.0. The molecule has 0 saturated heterocycles. The zero-order valence-corrected chi connectivity index (χ0v) is 59.0. The number of aliphatic hydroxyl groups is 2. The quantitative estimate of drug-likeness (QED) is 0.0245. The molecule has 2 heterocycles. The molecule has 4 saturated carbocycles. The van der Waals surface area contributed by atoms with Gasteiger partial charge in [0.15, 0.2) is 5.41 Å². The number of benzene rings is 2. The third-order valence-electron chi connectivity index (χ3n) is 16.8. The summed E-state index contributed by atoms with van der Waals surface area (Å²) in [4.78, 5) is 82.3. The second kappa shape index (κ2) is 31.9. The SMILES string of the molecule is CC(C)(CO)CO.CC(C)OC(=O)C1(C(=O)OC(C)C)CC(C)(C)C1.CC1(C)CC(C(=O)O)C1.CC1(C)CC(CC(=O)N2CCn3nc(-c4ccc(F)c(Cl)c4)c(C(N)=O)c3C2)C1.CC1(C)CC(OC=O)(C(=O)O)C1.CCC(C)(C)COS(=O)(=O)c1ccc(C)cc1. The first-order chi connectivity index (χ1) is 42.0. The third-order valence-corrected chi connectivity index (χ3v) is 18.4. The van der Waals surface area contributed by atoms with Crippen molar-refractivity contribution in [1.29, 1.82) is 0 Å². The van der Waals surface area contributed by atoms with Crippen molar-refractivity contribution >= 4 is 63.9 Å². The number of carbonyl (C=O) groups is 7. The average Bonchev–Trinajstić information content (AvgIpc) is 0.875. The number of fused-ring (bicyclic) bond motifs is 1. The summed E-state index contributed by atoms with van der Waals surface area (Å²) in [6.45, 7) is 37.0. The molecule has 518 valence electrons. The highest BCUT2D eigenvalue weighted by molar-refractivity contribution is 7.86. The van der Waals surface area contributed by atoms with Gasteiger partial charge in [0.05, 0.1) is 72.2 Å². The Bertz CT molecular complexity index is 3110. The normalized spacial score (nSPS) is 18.6. The minimum Gasteiger partial charge on any atom is -0.481 e. The van der Waals surface area contributed by atoms with Crippen molar-refractivity contribution in [3.8, 4) is 11.3 Å². The van der Waals surface area contributed by atoms with Crippen LogP contribution in [-0.4, -0.2) is 130 Å². The minimum absolute atomic E-state index is 0.00794. The van der Waals surface area contributed by atoms with E-state index in [1.54, 1.807) is 75.4 Å². The van der Waals surface area contributed by atoms with Crippen LogP contribution in [0.15, 0.2) is 47.4 Å². The third kappa shape index (κ3) is 23.2. The first-order valence-electron chi connectivity index (χ1n) is 31.4. The summed E-state index contributed by atoms with van der Waals surface area (Å²) < 4.78 is 59.1. The number of aliphatic carboxylic acids is 2. The second-order valence-corrected chi connectivity index (χ2v) is 32.5. The summed E-state index contributed by atoms with van der Waals surface area (Å²) in [5.74, 6) is -3.27. The molecular formula is C68H104ClFN4O17S. The molecule has 2 amide bonds. The number of carbonyl (C=O) groups excluding carboxylic acids is 5. The molecule has 92 heavy (non-hydrogen) atoms. The van der Waals surface area contributed by atoms with Crippen molar-refractivity contribution in [2.45, 2.75) is 225 Å². The molecule has 1 aromatic heterocycles. The molecule has 6 N–H and O–H groups in total. The molecule has 0 spiro atoms. The number of hydrogen-bond acceptors (Lipinski definition) is 16. The van der Waals surface area contributed by atoms with Crippen LogP contribution in [-0.2, 0) is 70.4 Å². The van der Waals surface area contributed by atoms with Gasteiger partial charge in [-0.3, -0.25) is 37.6 Å². The van der Waals surface area contributed by atoms with Crippen LogP contribution in [0.25, 0.3) is 11.3 Å². The van der Waals surface area contributed by atoms with Crippen molar-refractivity contribution in [3.05, 3.63) is 70.1 Å². The van der Waals surface area contributed by atoms with Gasteiger partial charge in [0.2, 0.25) is 11.5 Å². The van der Waals surface area contributed by atoms with Gasteiger partial charge in [-0.2, -0.15) is 13.5 Å². The number of nitrogens with two attached hydrogens (primary N) is 1. The lowest BCUT2D eigenvalue weighted by Gasteiger charge is -2.49. The molecule has 24 heteroatoms. The van der Waals surface area contributed by atoms with E-state index in [1.807, 2.05) is 55.4 Å². The number of hydrogen-bond donors (Lipinski definition) is 5. The maximum absolute atomic E-state index is 13.5. The Morgan fingerprint density at radius 2 is 1.27 bits per heavy atom. The number of halogens is 2. The van der Waals surface area contributed by atoms with Crippen LogP contribution in [0.5, 0.6) is 0 Å². The number of ether oxygens (including phenoxy) is 3. The second-order valence-electron chi connectivity index (χ2n) is 30.5. The predicted octanol–water partition coefficient (Wildman–Crippen LogP) is 11.7. The molecule has 4 aliphatic carbocycles. The van der Waals surface area contributed by atoms with Crippen LogP contribution in [0.3, 0.4) is 0 Å². The van der Waals surface area contributed by atoms with Gasteiger partial charge < -0.3 is 45.3 Å². The van der Waals surface area contributed by atoms with Gasteiger partial charge in [-0.15, -0.1) is 0 Å². The van der Waals surface area contributed by atoms with Crippen molar-refractivity contribution in [1.82, 2.24) is 14.7 Å². The van der Waals surface area contributed by atoms with Crippen molar-refractivity contribution in [3.63, 3.8) is 0 Å². The molecule has 4 fully saturated rings. The number of carboxylic acids is 2. The number of esters is 2. The van der Waals surface area contributed by atoms with E-state index in [-0.39, 0.29) is 94.0 Å². The minimum atomic E-state index is -3.62. The molecule has 1 aliphatic heterocycles. The van der Waals surface area contributed by atoms with Crippen molar-refractivity contribution in [2.75, 3.05) is 26.4 Å². The lowest BCUT2D eigenvalue weighted by atomic mass is 9.54. The molecule has 0 unspecified atom stereocenters. The van der Waals surface area contributed by atoms with Gasteiger partial charge in [-0.25, -0.2) is 9.18 Å². The Labute approximate surface area is 549 Å². The van der Waals surface area contributed by atoms with Gasteiger partial charge in [0.1, 0.15) is 11.5 Å². The maximum Gasteiger partial charge on any atom is 0.348 e. The lowest BCUT2D eigenvalue weighted by molar-refractivity contribution is -0.196. The number of carboxylic acid groups (broad SMARTS) is 2. The van der Waals surface area contributed by atoms with E-state index in [1.165, 1.54) is 18.2 Å². The highest BCUT2D eigenvalue weighted by Crippen LogP contribution is 2.56. The van der Waals surface area contributed by atoms with Crippen LogP contribution >= 0.6 is 11.6 Å². The van der Waals surface area contributed by atoms with Crippen molar-refractivity contribution in [2.24, 2.45) is 55.5 Å². The number of primary amides is 1. The Morgan fingerprint density at radius 3 is 1.64 bits per heavy atom. The van der Waals surface area contributed by atoms with Crippen LogP contribution in [0, 0.1) is 62.5 Å². The highest BCUT2D eigenvalue weighted by Gasteiger charge is 2.62. The smallest absolute Gasteiger partial charge is 0.348 e. The fourth-order valence-electron chi connectivity index (χ4n) is 11.7. The monoisotopic (exact) mass is 1330 g/mol. The molecule has 2 aromatic carbocycles. The standard InChI is InChI=1S/C21H24ClFN4O2.C14H24O4.C13H20O3S.C8H12O4.C7H12O2.C5H12O2/c1-21(2)9-12(10-21)7-17(28)26-5-6-27-16(11-26)18(20(24)29)19(25-27)13-3-4-15(23)14(22)8-13;1-9(2)17-11(15)14(7-13(5,6)8-14)12(16)18-10(3)4;1-5-13(3,4)10-16-17(14,15)12-8-6-11(2)7-9-12;1-7(2)3-8(4-7,6(10)11)12-5-9;1-7(2)3-5(4-7)6(8)9;1-5(2,3-6)4-7/h3-4,8,12H,5-7,9-11H2,1-2H3,(H2,24,29);9-10H,7-8H2,1-6H3;6-9H,5,10H2,1-4H3;5H,3-4H2,1-2H3,(H,10,11);5H,3-4H2,1-2H3,(H,8,9);6-7H,3-4H2,1-2H3. The van der Waals surface area contributed by atoms with E-state index in [0.717, 1.165) is 37.7 Å². The zero-order valence-electron chi connectivity index (χ0n) is 57.4. The molecular weight excluding hydrogens is 1230 g/mol. The summed E-state index contributed by atoms with van der Waals surface area (Å²) in [6, 6.07) is 10.9. The van der Waals surface area contributed by atoms with Gasteiger partial charge in [0, 0.05) is 36.8 Å². The van der Waals surface area contributed by atoms with Crippen LogP contribution in [0.1, 0.15) is 204 Å². The molecule has 0 bridgehead atoms. The van der Waals surface area contributed by atoms with Crippen LogP contribution < -0.4 is 5.73 Å². The summed E-state index contributed by atoms with van der Waals surface area (Å²) >= 11 is 5.90. The van der Waals surface area contributed by atoms with E-state index in [4.69, 9.17) is 51.4 Å². The van der Waals surface area contributed by atoms with Crippen LogP contribution in [0.4, 0.5) is 4.39 Å². The Morgan fingerprint density at radius 1 is 0.772 bits per heavy atom. The zero-order chi connectivity index (χ0) is 70.6. The molecule has 8 rings (SSSR count). The Kier molecular flexibility index (Phi) is 27.9. The van der Waals surface area contributed by atoms with E-state index >= 15 is 0 Å². The molecule has 5 aliphatic rings. The molecule has 0 radical (unpaired) electrons. The van der Waals surface area contributed by atoms with E-state index in [2.05, 4.69) is 37.5 Å².